The first-order valence-corrected chi connectivity index (χ1v) is 8.19. The molecule has 1 N–H and O–H groups in total. The van der Waals surface area contributed by atoms with Gasteiger partial charge >= 0.3 is 5.97 Å². The Labute approximate surface area is 124 Å². The summed E-state index contributed by atoms with van der Waals surface area (Å²) in [5.41, 5.74) is 0.813. The van der Waals surface area contributed by atoms with Gasteiger partial charge in [-0.15, -0.1) is 0 Å². The molecule has 0 aliphatic carbocycles. The van der Waals surface area contributed by atoms with Gasteiger partial charge in [0.2, 0.25) is 0 Å². The molecule has 2 aromatic rings. The van der Waals surface area contributed by atoms with Crippen LogP contribution < -0.4 is 0 Å². The van der Waals surface area contributed by atoms with Crippen molar-refractivity contribution < 1.29 is 18.3 Å². The maximum Gasteiger partial charge on any atom is 0.307 e. The quantitative estimate of drug-likeness (QED) is 0.889. The van der Waals surface area contributed by atoms with Crippen LogP contribution in [-0.4, -0.2) is 25.2 Å². The summed E-state index contributed by atoms with van der Waals surface area (Å²) < 4.78 is 24.5. The van der Waals surface area contributed by atoms with Crippen molar-refractivity contribution >= 4 is 15.8 Å². The minimum atomic E-state index is -3.61. The number of hydrogen-bond acceptors (Lipinski definition) is 3. The van der Waals surface area contributed by atoms with Crippen molar-refractivity contribution in [3.63, 3.8) is 0 Å². The molecule has 0 bridgehead atoms. The smallest absolute Gasteiger partial charge is 0.307 e. The molecule has 0 aliphatic heterocycles. The van der Waals surface area contributed by atoms with Gasteiger partial charge in [0, 0.05) is 0 Å². The Balaban J connectivity index is 2.19. The second-order valence-electron chi connectivity index (χ2n) is 4.82. The Kier molecular flexibility index (Phi) is 4.75. The van der Waals surface area contributed by atoms with Gasteiger partial charge in [-0.2, -0.15) is 0 Å². The molecule has 110 valence electrons. The molecule has 0 amide bonds. The lowest BCUT2D eigenvalue weighted by Gasteiger charge is -2.13. The van der Waals surface area contributed by atoms with Gasteiger partial charge in [-0.3, -0.25) is 4.79 Å². The molecule has 5 heteroatoms. The second kappa shape index (κ2) is 6.54. The highest BCUT2D eigenvalue weighted by Gasteiger charge is 2.26. The largest absolute Gasteiger partial charge is 0.481 e. The molecule has 2 rings (SSSR count). The van der Waals surface area contributed by atoms with E-state index in [0.717, 1.165) is 5.56 Å². The highest BCUT2D eigenvalue weighted by Crippen LogP contribution is 2.17. The van der Waals surface area contributed by atoms with E-state index < -0.39 is 27.5 Å². The van der Waals surface area contributed by atoms with E-state index >= 15 is 0 Å². The summed E-state index contributed by atoms with van der Waals surface area (Å²) in [6.45, 7) is 0. The summed E-state index contributed by atoms with van der Waals surface area (Å²) >= 11 is 0. The number of hydrogen-bond donors (Lipinski definition) is 1. The first-order valence-electron chi connectivity index (χ1n) is 6.53. The summed E-state index contributed by atoms with van der Waals surface area (Å²) in [5.74, 6) is -2.46. The lowest BCUT2D eigenvalue weighted by atomic mass is 10.0. The van der Waals surface area contributed by atoms with Crippen LogP contribution in [0, 0.1) is 5.92 Å². The molecule has 0 aliphatic rings. The van der Waals surface area contributed by atoms with Gasteiger partial charge < -0.3 is 5.11 Å². The molecule has 4 nitrogen and oxygen atoms in total. The van der Waals surface area contributed by atoms with Gasteiger partial charge in [0.15, 0.2) is 9.84 Å². The number of sulfone groups is 1. The Bertz CT molecular complexity index is 694. The molecule has 0 unspecified atom stereocenters. The van der Waals surface area contributed by atoms with E-state index in [2.05, 4.69) is 0 Å². The summed E-state index contributed by atoms with van der Waals surface area (Å²) in [5, 5.41) is 9.28. The first kappa shape index (κ1) is 15.3. The van der Waals surface area contributed by atoms with E-state index in [1.165, 1.54) is 12.1 Å². The summed E-state index contributed by atoms with van der Waals surface area (Å²) in [6, 6.07) is 17.0. The third-order valence-corrected chi connectivity index (χ3v) is 5.03. The van der Waals surface area contributed by atoms with Crippen LogP contribution in [0.5, 0.6) is 0 Å². The van der Waals surface area contributed by atoms with Crippen LogP contribution in [0.3, 0.4) is 0 Å². The van der Waals surface area contributed by atoms with Crippen LogP contribution in [0.1, 0.15) is 5.56 Å². The van der Waals surface area contributed by atoms with Crippen LogP contribution in [-0.2, 0) is 21.1 Å². The maximum absolute atomic E-state index is 12.3. The summed E-state index contributed by atoms with van der Waals surface area (Å²) in [6.07, 6.45) is 0.197. The predicted octanol–water partition coefficient (Wildman–Crippen LogP) is 2.40. The number of aliphatic carboxylic acids is 1. The fourth-order valence-corrected chi connectivity index (χ4v) is 3.66. The molecule has 0 radical (unpaired) electrons. The molecule has 21 heavy (non-hydrogen) atoms. The van der Waals surface area contributed by atoms with E-state index in [9.17, 15) is 18.3 Å². The molecule has 1 atom stereocenters. The van der Waals surface area contributed by atoms with E-state index in [0.29, 0.717) is 0 Å². The highest BCUT2D eigenvalue weighted by molar-refractivity contribution is 7.91. The number of benzene rings is 2. The zero-order valence-corrected chi connectivity index (χ0v) is 12.2. The minimum Gasteiger partial charge on any atom is -0.481 e. The fourth-order valence-electron chi connectivity index (χ4n) is 2.11. The number of carboxylic acid groups (broad SMARTS) is 1. The molecular weight excluding hydrogens is 288 g/mol. The second-order valence-corrected chi connectivity index (χ2v) is 6.85. The Hall–Kier alpha value is -2.14. The summed E-state index contributed by atoms with van der Waals surface area (Å²) in [7, 11) is -3.61. The van der Waals surface area contributed by atoms with Gasteiger partial charge in [-0.25, -0.2) is 8.42 Å². The first-order chi connectivity index (χ1) is 9.99. The third-order valence-electron chi connectivity index (χ3n) is 3.20. The fraction of sp³-hybridized carbons (Fsp3) is 0.188. The van der Waals surface area contributed by atoms with Gasteiger partial charge in [0.05, 0.1) is 16.6 Å². The number of carboxylic acids is 1. The zero-order chi connectivity index (χ0) is 15.3. The maximum atomic E-state index is 12.3. The average molecular weight is 304 g/mol. The van der Waals surface area contributed by atoms with Gasteiger partial charge in [0.1, 0.15) is 0 Å². The molecule has 0 saturated heterocycles. The van der Waals surface area contributed by atoms with Crippen molar-refractivity contribution in [3.8, 4) is 0 Å². The monoisotopic (exact) mass is 304 g/mol. The average Bonchev–Trinajstić information content (AvgIpc) is 2.48. The highest BCUT2D eigenvalue weighted by atomic mass is 32.2. The van der Waals surface area contributed by atoms with Crippen molar-refractivity contribution in [2.45, 2.75) is 11.3 Å². The number of rotatable bonds is 6. The molecule has 0 spiro atoms. The van der Waals surface area contributed by atoms with Crippen molar-refractivity contribution in [1.29, 1.82) is 0 Å². The third kappa shape index (κ3) is 4.16. The topological polar surface area (TPSA) is 71.4 Å². The van der Waals surface area contributed by atoms with Crippen LogP contribution in [0.25, 0.3) is 0 Å². The SMILES string of the molecule is O=C(O)[C@@H](Cc1ccccc1)CS(=O)(=O)c1ccccc1. The zero-order valence-electron chi connectivity index (χ0n) is 11.3. The lowest BCUT2D eigenvalue weighted by Crippen LogP contribution is -2.25. The van der Waals surface area contributed by atoms with Crippen LogP contribution in [0.15, 0.2) is 65.6 Å². The molecule has 0 saturated carbocycles. The molecule has 0 aromatic heterocycles. The summed E-state index contributed by atoms with van der Waals surface area (Å²) in [4.78, 5) is 11.5. The van der Waals surface area contributed by atoms with Crippen LogP contribution in [0.4, 0.5) is 0 Å². The predicted molar refractivity (Wildman–Crippen MR) is 79.8 cm³/mol. The molecule has 0 heterocycles. The molecular formula is C16H16O4S. The Morgan fingerprint density at radius 3 is 2.00 bits per heavy atom. The van der Waals surface area contributed by atoms with Gasteiger partial charge in [-0.1, -0.05) is 48.5 Å². The van der Waals surface area contributed by atoms with Crippen molar-refractivity contribution in [2.24, 2.45) is 5.92 Å². The normalized spacial score (nSPS) is 12.8. The van der Waals surface area contributed by atoms with Gasteiger partial charge in [-0.05, 0) is 24.1 Å². The van der Waals surface area contributed by atoms with E-state index in [1.807, 2.05) is 6.07 Å². The molecule has 2 aromatic carbocycles. The minimum absolute atomic E-state index is 0.157. The number of carbonyl (C=O) groups is 1. The standard InChI is InChI=1S/C16H16O4S/c17-16(18)14(11-13-7-3-1-4-8-13)12-21(19,20)15-9-5-2-6-10-15/h1-10,14H,11-12H2,(H,17,18)/t14-/m0/s1. The molecule has 0 fully saturated rings. The van der Waals surface area contributed by atoms with E-state index in [1.54, 1.807) is 42.5 Å². The van der Waals surface area contributed by atoms with E-state index in [4.69, 9.17) is 0 Å². The van der Waals surface area contributed by atoms with E-state index in [-0.39, 0.29) is 11.3 Å². The van der Waals surface area contributed by atoms with Crippen LogP contribution >= 0.6 is 0 Å². The Morgan fingerprint density at radius 1 is 0.952 bits per heavy atom. The Morgan fingerprint density at radius 2 is 1.48 bits per heavy atom. The van der Waals surface area contributed by atoms with Crippen molar-refractivity contribution in [3.05, 3.63) is 66.2 Å². The van der Waals surface area contributed by atoms with Gasteiger partial charge in [0.25, 0.3) is 0 Å². The van der Waals surface area contributed by atoms with Crippen LogP contribution in [0.2, 0.25) is 0 Å². The lowest BCUT2D eigenvalue weighted by molar-refractivity contribution is -0.140. The van der Waals surface area contributed by atoms with Crippen molar-refractivity contribution in [2.75, 3.05) is 5.75 Å². The van der Waals surface area contributed by atoms with Crippen molar-refractivity contribution in [1.82, 2.24) is 0 Å².